The molecule has 2 atom stereocenters. The maximum absolute atomic E-state index is 12.6. The Balaban J connectivity index is 1.62. The average molecular weight is 358 g/mol. The molecule has 3 rings (SSSR count). The average Bonchev–Trinajstić information content (AvgIpc) is 3.34. The van der Waals surface area contributed by atoms with Crippen molar-refractivity contribution in [3.05, 3.63) is 47.9 Å². The normalized spacial score (nSPS) is 14.5. The van der Waals surface area contributed by atoms with E-state index in [0.717, 1.165) is 12.0 Å². The monoisotopic (exact) mass is 358 g/mol. The van der Waals surface area contributed by atoms with Gasteiger partial charge in [-0.25, -0.2) is 0 Å². The van der Waals surface area contributed by atoms with Crippen LogP contribution >= 0.6 is 0 Å². The van der Waals surface area contributed by atoms with E-state index in [4.69, 9.17) is 13.9 Å². The summed E-state index contributed by atoms with van der Waals surface area (Å²) in [4.78, 5) is 24.9. The fourth-order valence-electron chi connectivity index (χ4n) is 2.67. The molecule has 1 aromatic heterocycles. The molecule has 0 radical (unpaired) electrons. The molecule has 1 aliphatic heterocycles. The molecule has 2 N–H and O–H groups in total. The van der Waals surface area contributed by atoms with Crippen molar-refractivity contribution in [2.45, 2.75) is 32.9 Å². The number of rotatable bonds is 7. The lowest BCUT2D eigenvalue weighted by atomic mass is 9.98. The minimum absolute atomic E-state index is 0.0225. The second-order valence-electron chi connectivity index (χ2n) is 6.22. The molecule has 0 spiro atoms. The summed E-state index contributed by atoms with van der Waals surface area (Å²) in [6, 6.07) is 8.07. The van der Waals surface area contributed by atoms with Crippen molar-refractivity contribution in [3.63, 3.8) is 0 Å². The molecule has 1 aliphatic rings. The molecule has 2 heterocycles. The zero-order valence-corrected chi connectivity index (χ0v) is 14.8. The van der Waals surface area contributed by atoms with Gasteiger partial charge in [0.2, 0.25) is 12.7 Å². The minimum Gasteiger partial charge on any atom is -0.459 e. The Bertz CT molecular complexity index is 772. The number of hydrogen-bond acceptors (Lipinski definition) is 5. The van der Waals surface area contributed by atoms with Crippen LogP contribution in [0.4, 0.5) is 0 Å². The van der Waals surface area contributed by atoms with Gasteiger partial charge in [0.25, 0.3) is 5.91 Å². The first-order valence-corrected chi connectivity index (χ1v) is 8.59. The molecule has 2 aromatic rings. The van der Waals surface area contributed by atoms with E-state index in [0.29, 0.717) is 18.0 Å². The van der Waals surface area contributed by atoms with Gasteiger partial charge in [-0.05, 0) is 35.7 Å². The Morgan fingerprint density at radius 1 is 1.19 bits per heavy atom. The summed E-state index contributed by atoms with van der Waals surface area (Å²) in [6.45, 7) is 4.44. The van der Waals surface area contributed by atoms with Gasteiger partial charge in [-0.3, -0.25) is 9.59 Å². The van der Waals surface area contributed by atoms with Crippen molar-refractivity contribution in [3.8, 4) is 11.5 Å². The summed E-state index contributed by atoms with van der Waals surface area (Å²) in [5.74, 6) is 0.882. The van der Waals surface area contributed by atoms with Crippen LogP contribution in [0.3, 0.4) is 0 Å². The van der Waals surface area contributed by atoms with Gasteiger partial charge in [0.15, 0.2) is 17.3 Å². The van der Waals surface area contributed by atoms with Gasteiger partial charge in [0.05, 0.1) is 6.26 Å². The second kappa shape index (κ2) is 7.95. The Labute approximate surface area is 151 Å². The molecule has 0 aliphatic carbocycles. The van der Waals surface area contributed by atoms with Crippen LogP contribution in [0.5, 0.6) is 11.5 Å². The molecule has 0 bridgehead atoms. The molecule has 2 amide bonds. The van der Waals surface area contributed by atoms with Gasteiger partial charge in [-0.15, -0.1) is 0 Å². The third-order valence-electron chi connectivity index (χ3n) is 4.43. The van der Waals surface area contributed by atoms with E-state index >= 15 is 0 Å². The number of fused-ring (bicyclic) bond motifs is 1. The molecule has 0 unspecified atom stereocenters. The topological polar surface area (TPSA) is 89.8 Å². The molecular formula is C19H22N2O5. The highest BCUT2D eigenvalue weighted by Gasteiger charge is 2.27. The molecular weight excluding hydrogens is 336 g/mol. The summed E-state index contributed by atoms with van der Waals surface area (Å²) in [5, 5.41) is 5.63. The number of furan rings is 1. The van der Waals surface area contributed by atoms with Gasteiger partial charge in [0.1, 0.15) is 6.04 Å². The molecule has 7 heteroatoms. The van der Waals surface area contributed by atoms with Crippen molar-refractivity contribution in [1.29, 1.82) is 0 Å². The van der Waals surface area contributed by atoms with E-state index in [-0.39, 0.29) is 24.4 Å². The van der Waals surface area contributed by atoms with Crippen LogP contribution < -0.4 is 20.1 Å². The standard InChI is InChI=1S/C19H22N2O5/c1-3-12(2)17(21-18(22)15-5-4-8-24-15)19(23)20-10-13-6-7-14-16(9-13)26-11-25-14/h4-9,12,17H,3,10-11H2,1-2H3,(H,20,23)(H,21,22)/t12-,17-/m0/s1. The number of carbonyl (C=O) groups excluding carboxylic acids is 2. The first-order chi connectivity index (χ1) is 12.6. The third-order valence-corrected chi connectivity index (χ3v) is 4.43. The first-order valence-electron chi connectivity index (χ1n) is 8.59. The van der Waals surface area contributed by atoms with Crippen LogP contribution in [0.1, 0.15) is 36.4 Å². The first kappa shape index (κ1) is 17.8. The van der Waals surface area contributed by atoms with E-state index in [2.05, 4.69) is 10.6 Å². The SMILES string of the molecule is CC[C@H](C)[C@H](NC(=O)c1ccco1)C(=O)NCc1ccc2c(c1)OCO2. The third kappa shape index (κ3) is 3.99. The van der Waals surface area contributed by atoms with Crippen molar-refractivity contribution >= 4 is 11.8 Å². The number of amides is 2. The number of ether oxygens (including phenoxy) is 2. The molecule has 0 saturated heterocycles. The summed E-state index contributed by atoms with van der Waals surface area (Å²) >= 11 is 0. The fraction of sp³-hybridized carbons (Fsp3) is 0.368. The Morgan fingerprint density at radius 3 is 2.73 bits per heavy atom. The second-order valence-corrected chi connectivity index (χ2v) is 6.22. The van der Waals surface area contributed by atoms with Gasteiger partial charge in [0, 0.05) is 6.54 Å². The fourth-order valence-corrected chi connectivity index (χ4v) is 2.67. The lowest BCUT2D eigenvalue weighted by Gasteiger charge is -2.23. The number of nitrogens with one attached hydrogen (secondary N) is 2. The predicted molar refractivity (Wildman–Crippen MR) is 93.8 cm³/mol. The zero-order chi connectivity index (χ0) is 18.5. The molecule has 0 saturated carbocycles. The highest BCUT2D eigenvalue weighted by atomic mass is 16.7. The van der Waals surface area contributed by atoms with Gasteiger partial charge < -0.3 is 24.5 Å². The smallest absolute Gasteiger partial charge is 0.287 e. The van der Waals surface area contributed by atoms with Gasteiger partial charge in [-0.1, -0.05) is 26.3 Å². The maximum Gasteiger partial charge on any atom is 0.287 e. The number of hydrogen-bond donors (Lipinski definition) is 2. The molecule has 0 fully saturated rings. The zero-order valence-electron chi connectivity index (χ0n) is 14.8. The Morgan fingerprint density at radius 2 is 2.00 bits per heavy atom. The predicted octanol–water partition coefficient (Wildman–Crippen LogP) is 2.47. The highest BCUT2D eigenvalue weighted by molar-refractivity contribution is 5.95. The van der Waals surface area contributed by atoms with Gasteiger partial charge in [-0.2, -0.15) is 0 Å². The number of benzene rings is 1. The lowest BCUT2D eigenvalue weighted by molar-refractivity contribution is -0.124. The summed E-state index contributed by atoms with van der Waals surface area (Å²) in [5.41, 5.74) is 0.892. The number of carbonyl (C=O) groups is 2. The highest BCUT2D eigenvalue weighted by Crippen LogP contribution is 2.32. The van der Waals surface area contributed by atoms with E-state index in [1.54, 1.807) is 12.1 Å². The van der Waals surface area contributed by atoms with Crippen LogP contribution in [-0.2, 0) is 11.3 Å². The van der Waals surface area contributed by atoms with E-state index in [1.165, 1.54) is 6.26 Å². The maximum atomic E-state index is 12.6. The molecule has 1 aromatic carbocycles. The quantitative estimate of drug-likeness (QED) is 0.794. The van der Waals surface area contributed by atoms with Crippen LogP contribution in [0.2, 0.25) is 0 Å². The van der Waals surface area contributed by atoms with E-state index in [9.17, 15) is 9.59 Å². The van der Waals surface area contributed by atoms with Crippen molar-refractivity contribution < 1.29 is 23.5 Å². The van der Waals surface area contributed by atoms with Crippen molar-refractivity contribution in [1.82, 2.24) is 10.6 Å². The van der Waals surface area contributed by atoms with Crippen molar-refractivity contribution in [2.24, 2.45) is 5.92 Å². The summed E-state index contributed by atoms with van der Waals surface area (Å²) in [7, 11) is 0. The van der Waals surface area contributed by atoms with Crippen LogP contribution in [0.25, 0.3) is 0 Å². The molecule has 7 nitrogen and oxygen atoms in total. The Kier molecular flexibility index (Phi) is 5.46. The van der Waals surface area contributed by atoms with Crippen LogP contribution in [-0.4, -0.2) is 24.6 Å². The van der Waals surface area contributed by atoms with Crippen LogP contribution in [0, 0.1) is 5.92 Å². The minimum atomic E-state index is -0.647. The largest absolute Gasteiger partial charge is 0.459 e. The molecule has 26 heavy (non-hydrogen) atoms. The van der Waals surface area contributed by atoms with E-state index < -0.39 is 11.9 Å². The lowest BCUT2D eigenvalue weighted by Crippen LogP contribution is -2.50. The van der Waals surface area contributed by atoms with Crippen molar-refractivity contribution in [2.75, 3.05) is 6.79 Å². The summed E-state index contributed by atoms with van der Waals surface area (Å²) in [6.07, 6.45) is 2.17. The van der Waals surface area contributed by atoms with E-state index in [1.807, 2.05) is 32.0 Å². The molecule has 138 valence electrons. The van der Waals surface area contributed by atoms with Gasteiger partial charge >= 0.3 is 0 Å². The summed E-state index contributed by atoms with van der Waals surface area (Å²) < 4.78 is 15.7. The Hall–Kier alpha value is -2.96. The van der Waals surface area contributed by atoms with Crippen LogP contribution in [0.15, 0.2) is 41.0 Å².